The zero-order valence-electron chi connectivity index (χ0n) is 13.6. The molecule has 0 spiro atoms. The monoisotopic (exact) mass is 338 g/mol. The average molecular weight is 338 g/mol. The largest absolute Gasteiger partial charge is 0.377 e. The lowest BCUT2D eigenvalue weighted by Gasteiger charge is -2.20. The summed E-state index contributed by atoms with van der Waals surface area (Å²) in [5.74, 6) is 0.644. The number of aryl methyl sites for hydroxylation is 2. The van der Waals surface area contributed by atoms with E-state index in [1.807, 2.05) is 28.8 Å². The molecule has 3 aromatic rings. The number of anilines is 1. The first kappa shape index (κ1) is 14.6. The number of rotatable bonds is 3. The summed E-state index contributed by atoms with van der Waals surface area (Å²) in [6, 6.07) is 7.23. The molecule has 1 fully saturated rings. The molecule has 0 aromatic carbocycles. The molecule has 0 radical (unpaired) electrons. The summed E-state index contributed by atoms with van der Waals surface area (Å²) in [5, 5.41) is 16.3. The number of aromatic nitrogens is 5. The molecule has 8 nitrogen and oxygen atoms in total. The van der Waals surface area contributed by atoms with Crippen molar-refractivity contribution in [2.24, 2.45) is 0 Å². The molecule has 5 rings (SSSR count). The number of fused-ring (bicyclic) bond motifs is 2. The van der Waals surface area contributed by atoms with E-state index >= 15 is 0 Å². The highest BCUT2D eigenvalue weighted by molar-refractivity contribution is 5.45. The summed E-state index contributed by atoms with van der Waals surface area (Å²) in [6.07, 6.45) is 4.87. The van der Waals surface area contributed by atoms with Gasteiger partial charge in [0.15, 0.2) is 5.65 Å². The van der Waals surface area contributed by atoms with Crippen molar-refractivity contribution >= 4 is 11.6 Å². The Morgan fingerprint density at radius 3 is 3.12 bits per heavy atom. The third-order valence-corrected chi connectivity index (χ3v) is 4.98. The highest BCUT2D eigenvalue weighted by Crippen LogP contribution is 2.23. The van der Waals surface area contributed by atoms with E-state index in [0.717, 1.165) is 36.2 Å². The van der Waals surface area contributed by atoms with Crippen LogP contribution in [0.15, 0.2) is 35.3 Å². The van der Waals surface area contributed by atoms with Gasteiger partial charge in [-0.1, -0.05) is 6.07 Å². The van der Waals surface area contributed by atoms with E-state index in [4.69, 9.17) is 4.74 Å². The minimum atomic E-state index is -0.158. The summed E-state index contributed by atoms with van der Waals surface area (Å²) < 4.78 is 9.10. The van der Waals surface area contributed by atoms with Gasteiger partial charge >= 0.3 is 0 Å². The van der Waals surface area contributed by atoms with Crippen LogP contribution in [0, 0.1) is 0 Å². The Kier molecular flexibility index (Phi) is 3.30. The second-order valence-electron chi connectivity index (χ2n) is 6.56. The van der Waals surface area contributed by atoms with Crippen molar-refractivity contribution in [3.05, 3.63) is 52.1 Å². The molecule has 8 heteroatoms. The van der Waals surface area contributed by atoms with Gasteiger partial charge in [0.2, 0.25) is 5.95 Å². The van der Waals surface area contributed by atoms with Gasteiger partial charge < -0.3 is 10.1 Å². The van der Waals surface area contributed by atoms with Crippen molar-refractivity contribution in [1.29, 1.82) is 0 Å². The highest BCUT2D eigenvalue weighted by Gasteiger charge is 2.33. The van der Waals surface area contributed by atoms with Gasteiger partial charge in [0.05, 0.1) is 24.9 Å². The van der Waals surface area contributed by atoms with E-state index in [-0.39, 0.29) is 17.6 Å². The van der Waals surface area contributed by atoms with Crippen LogP contribution in [0.3, 0.4) is 0 Å². The zero-order chi connectivity index (χ0) is 16.8. The first-order chi connectivity index (χ1) is 12.3. The van der Waals surface area contributed by atoms with Gasteiger partial charge in [-0.15, -0.1) is 10.2 Å². The summed E-state index contributed by atoms with van der Waals surface area (Å²) in [6.45, 7) is 0.956. The molecule has 0 saturated carbocycles. The lowest BCUT2D eigenvalue weighted by Crippen LogP contribution is -2.38. The van der Waals surface area contributed by atoms with E-state index in [1.165, 1.54) is 0 Å². The fourth-order valence-corrected chi connectivity index (χ4v) is 3.68. The molecule has 3 aromatic heterocycles. The number of hydrogen-bond acceptors (Lipinski definition) is 6. The van der Waals surface area contributed by atoms with Gasteiger partial charge in [-0.05, 0) is 37.0 Å². The molecule has 1 aliphatic carbocycles. The van der Waals surface area contributed by atoms with Gasteiger partial charge in [-0.3, -0.25) is 9.20 Å². The molecular formula is C17H18N6O2. The summed E-state index contributed by atoms with van der Waals surface area (Å²) in [7, 11) is 0. The molecule has 0 amide bonds. The number of ether oxygens (including phenoxy) is 1. The van der Waals surface area contributed by atoms with Crippen LogP contribution < -0.4 is 10.9 Å². The van der Waals surface area contributed by atoms with Gasteiger partial charge in [0.1, 0.15) is 6.04 Å². The number of pyridine rings is 1. The Morgan fingerprint density at radius 2 is 2.16 bits per heavy atom. The van der Waals surface area contributed by atoms with Crippen molar-refractivity contribution in [3.63, 3.8) is 0 Å². The zero-order valence-corrected chi connectivity index (χ0v) is 13.6. The lowest BCUT2D eigenvalue weighted by molar-refractivity contribution is 0.182. The first-order valence-corrected chi connectivity index (χ1v) is 8.55. The molecule has 1 saturated heterocycles. The number of nitrogens with zero attached hydrogens (tertiary/aromatic N) is 5. The van der Waals surface area contributed by atoms with Crippen LogP contribution in [-0.4, -0.2) is 43.6 Å². The fourth-order valence-electron chi connectivity index (χ4n) is 3.68. The molecule has 25 heavy (non-hydrogen) atoms. The fraction of sp³-hybridized carbons (Fsp3) is 0.412. The van der Waals surface area contributed by atoms with E-state index in [2.05, 4.69) is 20.6 Å². The average Bonchev–Trinajstić information content (AvgIpc) is 3.34. The summed E-state index contributed by atoms with van der Waals surface area (Å²) in [4.78, 5) is 12.5. The Hall–Kier alpha value is -2.74. The Balaban J connectivity index is 1.47. The lowest BCUT2D eigenvalue weighted by atomic mass is 10.1. The van der Waals surface area contributed by atoms with E-state index in [1.54, 1.807) is 10.7 Å². The van der Waals surface area contributed by atoms with Crippen LogP contribution in [0.4, 0.5) is 5.95 Å². The Labute approximate surface area is 143 Å². The second-order valence-corrected chi connectivity index (χ2v) is 6.56. The Bertz CT molecular complexity index is 994. The van der Waals surface area contributed by atoms with Crippen LogP contribution in [0.5, 0.6) is 0 Å². The number of hydrogen-bond donors (Lipinski definition) is 1. The van der Waals surface area contributed by atoms with Crippen LogP contribution in [0.25, 0.3) is 5.65 Å². The van der Waals surface area contributed by atoms with E-state index in [0.29, 0.717) is 19.2 Å². The summed E-state index contributed by atoms with van der Waals surface area (Å²) >= 11 is 0. The normalized spacial score (nSPS) is 22.4. The molecular weight excluding hydrogens is 320 g/mol. The van der Waals surface area contributed by atoms with Crippen molar-refractivity contribution in [2.75, 3.05) is 18.5 Å². The van der Waals surface area contributed by atoms with Crippen molar-refractivity contribution in [3.8, 4) is 0 Å². The summed E-state index contributed by atoms with van der Waals surface area (Å²) in [5.41, 5.74) is 2.84. The smallest absolute Gasteiger partial charge is 0.267 e. The van der Waals surface area contributed by atoms with E-state index in [9.17, 15) is 4.79 Å². The van der Waals surface area contributed by atoms with Crippen LogP contribution in [0.1, 0.15) is 23.7 Å². The van der Waals surface area contributed by atoms with Crippen molar-refractivity contribution in [1.82, 2.24) is 24.4 Å². The minimum absolute atomic E-state index is 0.0611. The van der Waals surface area contributed by atoms with Gasteiger partial charge in [0.25, 0.3) is 5.56 Å². The van der Waals surface area contributed by atoms with Gasteiger partial charge in [-0.2, -0.15) is 5.10 Å². The molecule has 0 bridgehead atoms. The molecule has 2 unspecified atom stereocenters. The van der Waals surface area contributed by atoms with Gasteiger partial charge in [-0.25, -0.2) is 4.68 Å². The SMILES string of the molecule is O=c1cc2c(nn1C1COCC1Nc1nnc3ccccn13)CCC2. The van der Waals surface area contributed by atoms with Crippen LogP contribution in [-0.2, 0) is 17.6 Å². The quantitative estimate of drug-likeness (QED) is 0.761. The highest BCUT2D eigenvalue weighted by atomic mass is 16.5. The maximum absolute atomic E-state index is 12.5. The number of nitrogens with one attached hydrogen (secondary N) is 1. The van der Waals surface area contributed by atoms with Gasteiger partial charge in [0, 0.05) is 12.3 Å². The molecule has 1 aliphatic heterocycles. The second kappa shape index (κ2) is 5.66. The molecule has 128 valence electrons. The molecule has 2 atom stereocenters. The van der Waals surface area contributed by atoms with Crippen LogP contribution >= 0.6 is 0 Å². The van der Waals surface area contributed by atoms with Crippen molar-refractivity contribution in [2.45, 2.75) is 31.3 Å². The third-order valence-electron chi connectivity index (χ3n) is 4.98. The van der Waals surface area contributed by atoms with Crippen LogP contribution in [0.2, 0.25) is 0 Å². The molecule has 4 heterocycles. The maximum Gasteiger partial charge on any atom is 0.267 e. The van der Waals surface area contributed by atoms with E-state index < -0.39 is 0 Å². The predicted molar refractivity (Wildman–Crippen MR) is 90.8 cm³/mol. The Morgan fingerprint density at radius 1 is 1.20 bits per heavy atom. The maximum atomic E-state index is 12.5. The molecule has 1 N–H and O–H groups in total. The topological polar surface area (TPSA) is 86.3 Å². The third kappa shape index (κ3) is 2.41. The first-order valence-electron chi connectivity index (χ1n) is 8.55. The predicted octanol–water partition coefficient (Wildman–Crippen LogP) is 0.827. The minimum Gasteiger partial charge on any atom is -0.377 e. The standard InChI is InChI=1S/C17H18N6O2/c24-16-8-11-4-3-5-12(11)21-23(16)14-10-25-9-13(14)18-17-20-19-15-6-1-2-7-22(15)17/h1-2,6-8,13-14H,3-5,9-10H2,(H,18,20). The molecule has 2 aliphatic rings. The van der Waals surface area contributed by atoms with Crippen molar-refractivity contribution < 1.29 is 4.74 Å².